The number of aromatic nitrogens is 1. The van der Waals surface area contributed by atoms with Crippen LogP contribution < -0.4 is 5.32 Å². The standard InChI is InChI=1S/C26H38N4O2/c1-18(2)20-8-10-21(11-9-20)29-14-12-22(13-15-29)30-25-7-5-4-6-23(25)24(16-28-32)26(30)17-27-19(3)31/h4-7,16,18,20-22,32H,8-15,17H2,1-3H3,(H,27,31)/b28-16+. The Balaban J connectivity index is 1.54. The van der Waals surface area contributed by atoms with Gasteiger partial charge in [0.1, 0.15) is 0 Å². The van der Waals surface area contributed by atoms with Gasteiger partial charge in [-0.3, -0.25) is 4.79 Å². The molecule has 0 unspecified atom stereocenters. The molecule has 2 aliphatic rings. The van der Waals surface area contributed by atoms with E-state index >= 15 is 0 Å². The number of carbonyl (C=O) groups excluding carboxylic acids is 1. The van der Waals surface area contributed by atoms with Crippen molar-refractivity contribution < 1.29 is 10.0 Å². The van der Waals surface area contributed by atoms with E-state index in [1.54, 1.807) is 6.92 Å². The number of likely N-dealkylation sites (tertiary alicyclic amines) is 1. The van der Waals surface area contributed by atoms with E-state index in [0.29, 0.717) is 12.6 Å². The normalized spacial score (nSPS) is 23.4. The Morgan fingerprint density at radius 2 is 1.81 bits per heavy atom. The molecule has 1 aliphatic heterocycles. The van der Waals surface area contributed by atoms with Crippen molar-refractivity contribution >= 4 is 23.0 Å². The fourth-order valence-electron chi connectivity index (χ4n) is 5.99. The lowest BCUT2D eigenvalue weighted by atomic mass is 9.79. The fourth-order valence-corrected chi connectivity index (χ4v) is 5.99. The molecule has 1 saturated heterocycles. The quantitative estimate of drug-likeness (QED) is 0.381. The molecule has 0 bridgehead atoms. The van der Waals surface area contributed by atoms with Crippen molar-refractivity contribution in [3.05, 3.63) is 35.5 Å². The van der Waals surface area contributed by atoms with Crippen molar-refractivity contribution in [2.75, 3.05) is 13.1 Å². The second-order valence-corrected chi connectivity index (χ2v) is 9.98. The summed E-state index contributed by atoms with van der Waals surface area (Å²) in [4.78, 5) is 14.4. The molecule has 174 valence electrons. The number of nitrogens with zero attached hydrogens (tertiary/aromatic N) is 3. The van der Waals surface area contributed by atoms with Crippen LogP contribution in [0, 0.1) is 11.8 Å². The first kappa shape index (κ1) is 22.8. The second kappa shape index (κ2) is 10.1. The number of hydrogen-bond acceptors (Lipinski definition) is 4. The Bertz CT molecular complexity index is 948. The largest absolute Gasteiger partial charge is 0.411 e. The molecule has 1 saturated carbocycles. The van der Waals surface area contributed by atoms with Gasteiger partial charge in [-0.25, -0.2) is 0 Å². The fraction of sp³-hybridized carbons (Fsp3) is 0.615. The van der Waals surface area contributed by atoms with Crippen LogP contribution in [0.1, 0.15) is 76.6 Å². The van der Waals surface area contributed by atoms with E-state index in [0.717, 1.165) is 66.0 Å². The summed E-state index contributed by atoms with van der Waals surface area (Å²) in [6, 6.07) is 9.41. The number of carbonyl (C=O) groups is 1. The molecule has 0 radical (unpaired) electrons. The molecule has 4 rings (SSSR count). The molecular formula is C26H38N4O2. The number of nitrogens with one attached hydrogen (secondary N) is 1. The average Bonchev–Trinajstić information content (AvgIpc) is 3.11. The minimum absolute atomic E-state index is 0.0551. The summed E-state index contributed by atoms with van der Waals surface area (Å²) in [6.07, 6.45) is 9.13. The summed E-state index contributed by atoms with van der Waals surface area (Å²) >= 11 is 0. The molecule has 1 aromatic carbocycles. The molecule has 6 nitrogen and oxygen atoms in total. The van der Waals surface area contributed by atoms with Gasteiger partial charge in [-0.15, -0.1) is 0 Å². The zero-order valence-electron chi connectivity index (χ0n) is 19.8. The Hall–Kier alpha value is -2.34. The number of piperidine rings is 1. The first-order chi connectivity index (χ1) is 15.5. The zero-order valence-corrected chi connectivity index (χ0v) is 19.8. The predicted octanol–water partition coefficient (Wildman–Crippen LogP) is 4.94. The van der Waals surface area contributed by atoms with Gasteiger partial charge in [-0.05, 0) is 56.4 Å². The molecule has 1 amide bonds. The summed E-state index contributed by atoms with van der Waals surface area (Å²) in [6.45, 7) is 8.96. The maximum atomic E-state index is 11.7. The molecule has 2 N–H and O–H groups in total. The van der Waals surface area contributed by atoms with E-state index in [9.17, 15) is 10.0 Å². The highest BCUT2D eigenvalue weighted by atomic mass is 16.4. The molecule has 2 heterocycles. The van der Waals surface area contributed by atoms with E-state index in [1.165, 1.54) is 31.9 Å². The lowest BCUT2D eigenvalue weighted by Gasteiger charge is -2.42. The van der Waals surface area contributed by atoms with Gasteiger partial charge in [-0.1, -0.05) is 37.2 Å². The number of fused-ring (bicyclic) bond motifs is 1. The van der Waals surface area contributed by atoms with Crippen molar-refractivity contribution in [1.29, 1.82) is 0 Å². The second-order valence-electron chi connectivity index (χ2n) is 9.98. The number of rotatable bonds is 6. The third-order valence-electron chi connectivity index (χ3n) is 7.81. The van der Waals surface area contributed by atoms with E-state index in [-0.39, 0.29) is 5.91 Å². The van der Waals surface area contributed by atoms with Gasteiger partial charge in [0.25, 0.3) is 0 Å². The van der Waals surface area contributed by atoms with Crippen LogP contribution in [0.2, 0.25) is 0 Å². The number of hydrogen-bond donors (Lipinski definition) is 2. The Labute approximate surface area is 191 Å². The highest BCUT2D eigenvalue weighted by molar-refractivity contribution is 6.01. The number of benzene rings is 1. The van der Waals surface area contributed by atoms with Gasteiger partial charge in [0.2, 0.25) is 5.91 Å². The number of oxime groups is 1. The van der Waals surface area contributed by atoms with Gasteiger partial charge in [0.05, 0.1) is 12.8 Å². The Morgan fingerprint density at radius 3 is 2.44 bits per heavy atom. The summed E-state index contributed by atoms with van der Waals surface area (Å²) in [5.41, 5.74) is 3.07. The molecule has 0 atom stereocenters. The van der Waals surface area contributed by atoms with Crippen molar-refractivity contribution in [2.45, 2.75) is 77.9 Å². The molecular weight excluding hydrogens is 400 g/mol. The van der Waals surface area contributed by atoms with Crippen molar-refractivity contribution in [3.8, 4) is 0 Å². The summed E-state index contributed by atoms with van der Waals surface area (Å²) in [5.74, 6) is 1.65. The van der Waals surface area contributed by atoms with E-state index in [2.05, 4.69) is 52.0 Å². The van der Waals surface area contributed by atoms with Gasteiger partial charge >= 0.3 is 0 Å². The molecule has 6 heteroatoms. The van der Waals surface area contributed by atoms with Crippen LogP contribution in [0.5, 0.6) is 0 Å². The topological polar surface area (TPSA) is 69.9 Å². The third-order valence-corrected chi connectivity index (χ3v) is 7.81. The first-order valence-electron chi connectivity index (χ1n) is 12.3. The highest BCUT2D eigenvalue weighted by Crippen LogP contribution is 2.37. The monoisotopic (exact) mass is 438 g/mol. The van der Waals surface area contributed by atoms with Crippen LogP contribution in [0.25, 0.3) is 10.9 Å². The lowest BCUT2D eigenvalue weighted by Crippen LogP contribution is -2.44. The molecule has 1 aromatic heterocycles. The molecule has 0 spiro atoms. The molecule has 2 fully saturated rings. The molecule has 32 heavy (non-hydrogen) atoms. The van der Waals surface area contributed by atoms with Crippen LogP contribution in [-0.2, 0) is 11.3 Å². The van der Waals surface area contributed by atoms with Gasteiger partial charge in [0.15, 0.2) is 0 Å². The average molecular weight is 439 g/mol. The summed E-state index contributed by atoms with van der Waals surface area (Å²) in [7, 11) is 0. The Morgan fingerprint density at radius 1 is 1.12 bits per heavy atom. The summed E-state index contributed by atoms with van der Waals surface area (Å²) < 4.78 is 2.40. The van der Waals surface area contributed by atoms with E-state index in [4.69, 9.17) is 0 Å². The maximum Gasteiger partial charge on any atom is 0.217 e. The SMILES string of the molecule is CC(=O)NCc1c(/C=N/O)c2ccccc2n1C1CCN(C2CCC(C(C)C)CC2)CC1. The lowest BCUT2D eigenvalue weighted by molar-refractivity contribution is -0.119. The van der Waals surface area contributed by atoms with Crippen LogP contribution in [0.4, 0.5) is 0 Å². The third kappa shape index (κ3) is 4.70. The smallest absolute Gasteiger partial charge is 0.217 e. The van der Waals surface area contributed by atoms with Gasteiger partial charge in [-0.2, -0.15) is 0 Å². The summed E-state index contributed by atoms with van der Waals surface area (Å²) in [5, 5.41) is 16.7. The van der Waals surface area contributed by atoms with Crippen LogP contribution in [0.15, 0.2) is 29.4 Å². The van der Waals surface area contributed by atoms with Gasteiger partial charge in [0, 0.05) is 54.3 Å². The van der Waals surface area contributed by atoms with Crippen molar-refractivity contribution in [2.24, 2.45) is 17.0 Å². The molecule has 1 aliphatic carbocycles. The minimum Gasteiger partial charge on any atom is -0.411 e. The van der Waals surface area contributed by atoms with Crippen LogP contribution in [-0.4, -0.2) is 45.9 Å². The Kier molecular flexibility index (Phi) is 7.19. The van der Waals surface area contributed by atoms with E-state index < -0.39 is 0 Å². The molecule has 2 aromatic rings. The first-order valence-corrected chi connectivity index (χ1v) is 12.3. The minimum atomic E-state index is -0.0551. The predicted molar refractivity (Wildman–Crippen MR) is 129 cm³/mol. The van der Waals surface area contributed by atoms with Gasteiger partial charge < -0.3 is 20.0 Å². The number of amides is 1. The van der Waals surface area contributed by atoms with Crippen LogP contribution in [0.3, 0.4) is 0 Å². The highest BCUT2D eigenvalue weighted by Gasteiger charge is 2.31. The van der Waals surface area contributed by atoms with Crippen LogP contribution >= 0.6 is 0 Å². The maximum absolute atomic E-state index is 11.7. The van der Waals surface area contributed by atoms with Crippen molar-refractivity contribution in [3.63, 3.8) is 0 Å². The van der Waals surface area contributed by atoms with E-state index in [1.807, 2.05) is 6.07 Å². The van der Waals surface area contributed by atoms with Crippen molar-refractivity contribution in [1.82, 2.24) is 14.8 Å². The number of para-hydroxylation sites is 1. The zero-order chi connectivity index (χ0) is 22.7.